The molecule has 0 saturated heterocycles. The molecule has 3 aromatic carbocycles. The summed E-state index contributed by atoms with van der Waals surface area (Å²) in [6.07, 6.45) is 0.765. The molecular weight excluding hydrogens is 450 g/mol. The average molecular weight is 472 g/mol. The van der Waals surface area contributed by atoms with E-state index in [9.17, 15) is 13.2 Å². The molecule has 0 aromatic heterocycles. The molecule has 0 fully saturated rings. The highest BCUT2D eigenvalue weighted by atomic mass is 79.9. The molecule has 0 aliphatic carbocycles. The fraction of sp³-hybridized carbons (Fsp3) is 0.174. The monoisotopic (exact) mass is 471 g/mol. The van der Waals surface area contributed by atoms with Crippen LogP contribution in [-0.4, -0.2) is 14.3 Å². The summed E-state index contributed by atoms with van der Waals surface area (Å²) in [4.78, 5) is 12.9. The van der Waals surface area contributed by atoms with Gasteiger partial charge in [-0.3, -0.25) is 4.79 Å². The average Bonchev–Trinajstić information content (AvgIpc) is 2.73. The molecule has 0 bridgehead atoms. The van der Waals surface area contributed by atoms with Crippen LogP contribution in [-0.2, 0) is 15.6 Å². The van der Waals surface area contributed by atoms with Crippen LogP contribution in [0.25, 0.3) is 0 Å². The molecule has 150 valence electrons. The lowest BCUT2D eigenvalue weighted by atomic mass is 10.0. The molecule has 1 atom stereocenters. The fourth-order valence-corrected chi connectivity index (χ4v) is 4.67. The first-order valence-corrected chi connectivity index (χ1v) is 11.8. The van der Waals surface area contributed by atoms with Gasteiger partial charge in [0.2, 0.25) is 0 Å². The van der Waals surface area contributed by atoms with Crippen molar-refractivity contribution < 1.29 is 13.2 Å². The van der Waals surface area contributed by atoms with Gasteiger partial charge >= 0.3 is 0 Å². The third-order valence-corrected chi connectivity index (χ3v) is 6.89. The van der Waals surface area contributed by atoms with Crippen LogP contribution in [0.1, 0.15) is 40.9 Å². The Morgan fingerprint density at radius 2 is 1.55 bits per heavy atom. The minimum atomic E-state index is -3.41. The van der Waals surface area contributed by atoms with Crippen molar-refractivity contribution in [3.63, 3.8) is 0 Å². The fourth-order valence-electron chi connectivity index (χ4n) is 3.04. The Hall–Kier alpha value is -2.44. The Kier molecular flexibility index (Phi) is 6.87. The van der Waals surface area contributed by atoms with Gasteiger partial charge in [-0.15, -0.1) is 0 Å². The minimum Gasteiger partial charge on any atom is -0.345 e. The van der Waals surface area contributed by atoms with Gasteiger partial charge in [-0.25, -0.2) is 8.42 Å². The Morgan fingerprint density at radius 3 is 2.14 bits per heavy atom. The molecule has 3 rings (SSSR count). The summed E-state index contributed by atoms with van der Waals surface area (Å²) < 4.78 is 26.0. The number of carbonyl (C=O) groups is 1. The van der Waals surface area contributed by atoms with Crippen molar-refractivity contribution in [3.05, 3.63) is 100 Å². The van der Waals surface area contributed by atoms with Gasteiger partial charge in [0.25, 0.3) is 5.91 Å². The number of rotatable bonds is 7. The largest absolute Gasteiger partial charge is 0.345 e. The first-order valence-electron chi connectivity index (χ1n) is 9.32. The lowest BCUT2D eigenvalue weighted by Gasteiger charge is -2.18. The first-order chi connectivity index (χ1) is 13.9. The van der Waals surface area contributed by atoms with Crippen LogP contribution in [0.2, 0.25) is 0 Å². The van der Waals surface area contributed by atoms with Crippen LogP contribution < -0.4 is 5.32 Å². The Balaban J connectivity index is 1.69. The smallest absolute Gasteiger partial charge is 0.251 e. The summed E-state index contributed by atoms with van der Waals surface area (Å²) in [5.74, 6) is -0.285. The summed E-state index contributed by atoms with van der Waals surface area (Å²) in [5.41, 5.74) is 2.18. The Bertz CT molecular complexity index is 1060. The zero-order valence-corrected chi connectivity index (χ0v) is 18.4. The summed E-state index contributed by atoms with van der Waals surface area (Å²) in [5, 5.41) is 3.04. The second kappa shape index (κ2) is 9.37. The molecule has 0 radical (unpaired) electrons. The summed E-state index contributed by atoms with van der Waals surface area (Å²) in [7, 11) is -3.41. The lowest BCUT2D eigenvalue weighted by molar-refractivity contribution is 0.0935. The van der Waals surface area contributed by atoms with Crippen LogP contribution in [0.5, 0.6) is 0 Å². The predicted octanol–water partition coefficient (Wildman–Crippen LogP) is 5.30. The highest BCUT2D eigenvalue weighted by Gasteiger charge is 2.17. The topological polar surface area (TPSA) is 63.2 Å². The van der Waals surface area contributed by atoms with Crippen LogP contribution in [0.15, 0.2) is 88.2 Å². The highest BCUT2D eigenvalue weighted by molar-refractivity contribution is 9.10. The van der Waals surface area contributed by atoms with Crippen molar-refractivity contribution in [1.82, 2.24) is 5.32 Å². The molecule has 1 unspecified atom stereocenters. The molecule has 0 aliphatic heterocycles. The molecule has 1 N–H and O–H groups in total. The van der Waals surface area contributed by atoms with E-state index in [0.717, 1.165) is 16.5 Å². The van der Waals surface area contributed by atoms with E-state index < -0.39 is 9.84 Å². The van der Waals surface area contributed by atoms with E-state index >= 15 is 0 Å². The van der Waals surface area contributed by atoms with Crippen LogP contribution in [0, 0.1) is 0 Å². The number of sulfone groups is 1. The maximum atomic E-state index is 12.6. The van der Waals surface area contributed by atoms with E-state index in [1.54, 1.807) is 54.6 Å². The molecule has 0 heterocycles. The first kappa shape index (κ1) is 21.3. The van der Waals surface area contributed by atoms with Gasteiger partial charge in [-0.05, 0) is 53.9 Å². The van der Waals surface area contributed by atoms with E-state index in [4.69, 9.17) is 0 Å². The SMILES string of the molecule is CCC(NC(=O)c1ccc(CS(=O)(=O)c2ccccc2)cc1)c1ccc(Br)cc1. The summed E-state index contributed by atoms with van der Waals surface area (Å²) >= 11 is 3.42. The number of hydrogen-bond acceptors (Lipinski definition) is 3. The van der Waals surface area contributed by atoms with Gasteiger partial charge in [0.15, 0.2) is 9.84 Å². The number of benzene rings is 3. The van der Waals surface area contributed by atoms with E-state index in [1.807, 2.05) is 31.2 Å². The van der Waals surface area contributed by atoms with Crippen molar-refractivity contribution >= 4 is 31.7 Å². The molecule has 29 heavy (non-hydrogen) atoms. The van der Waals surface area contributed by atoms with Crippen molar-refractivity contribution in [2.75, 3.05) is 0 Å². The van der Waals surface area contributed by atoms with Crippen LogP contribution in [0.4, 0.5) is 0 Å². The maximum absolute atomic E-state index is 12.6. The zero-order chi connectivity index (χ0) is 20.9. The minimum absolute atomic E-state index is 0.0891. The van der Waals surface area contributed by atoms with Gasteiger partial charge in [-0.2, -0.15) is 0 Å². The van der Waals surface area contributed by atoms with Gasteiger partial charge in [0, 0.05) is 10.0 Å². The number of carbonyl (C=O) groups excluding carboxylic acids is 1. The normalized spacial score (nSPS) is 12.3. The van der Waals surface area contributed by atoms with Crippen molar-refractivity contribution in [2.45, 2.75) is 30.0 Å². The number of amides is 1. The third kappa shape index (κ3) is 5.55. The molecular formula is C23H22BrNO3S. The molecule has 0 saturated carbocycles. The summed E-state index contributed by atoms with van der Waals surface area (Å²) in [6, 6.07) is 22.9. The number of hydrogen-bond donors (Lipinski definition) is 1. The van der Waals surface area contributed by atoms with Crippen molar-refractivity contribution in [3.8, 4) is 0 Å². The molecule has 6 heteroatoms. The van der Waals surface area contributed by atoms with Gasteiger partial charge in [0.05, 0.1) is 16.7 Å². The Morgan fingerprint density at radius 1 is 0.931 bits per heavy atom. The van der Waals surface area contributed by atoms with Gasteiger partial charge in [0.1, 0.15) is 0 Å². The van der Waals surface area contributed by atoms with E-state index in [-0.39, 0.29) is 17.7 Å². The second-order valence-electron chi connectivity index (χ2n) is 6.75. The molecule has 0 spiro atoms. The van der Waals surface area contributed by atoms with Gasteiger partial charge < -0.3 is 5.32 Å². The van der Waals surface area contributed by atoms with E-state index in [2.05, 4.69) is 21.2 Å². The second-order valence-corrected chi connectivity index (χ2v) is 9.66. The molecule has 1 amide bonds. The van der Waals surface area contributed by atoms with Crippen molar-refractivity contribution in [1.29, 1.82) is 0 Å². The zero-order valence-electron chi connectivity index (χ0n) is 16.0. The van der Waals surface area contributed by atoms with Crippen molar-refractivity contribution in [2.24, 2.45) is 0 Å². The number of halogens is 1. The predicted molar refractivity (Wildman–Crippen MR) is 118 cm³/mol. The highest BCUT2D eigenvalue weighted by Crippen LogP contribution is 2.21. The quantitative estimate of drug-likeness (QED) is 0.508. The summed E-state index contributed by atoms with van der Waals surface area (Å²) in [6.45, 7) is 2.02. The Labute approximate surface area is 180 Å². The molecule has 0 aliphatic rings. The maximum Gasteiger partial charge on any atom is 0.251 e. The third-order valence-electron chi connectivity index (χ3n) is 4.66. The van der Waals surface area contributed by atoms with E-state index in [0.29, 0.717) is 16.0 Å². The molecule has 3 aromatic rings. The standard InChI is InChI=1S/C23H22BrNO3S/c1-2-22(18-12-14-20(24)15-13-18)25-23(26)19-10-8-17(9-11-19)16-29(27,28)21-6-4-3-5-7-21/h3-15,22H,2,16H2,1H3,(H,25,26). The van der Waals surface area contributed by atoms with Crippen LogP contribution in [0.3, 0.4) is 0 Å². The van der Waals surface area contributed by atoms with Gasteiger partial charge in [-0.1, -0.05) is 65.3 Å². The lowest BCUT2D eigenvalue weighted by Crippen LogP contribution is -2.28. The van der Waals surface area contributed by atoms with E-state index in [1.165, 1.54) is 0 Å². The van der Waals surface area contributed by atoms with Crippen LogP contribution >= 0.6 is 15.9 Å². The number of nitrogens with one attached hydrogen (secondary N) is 1. The molecule has 4 nitrogen and oxygen atoms in total.